The van der Waals surface area contributed by atoms with Gasteiger partial charge in [-0.2, -0.15) is 5.10 Å². The molecule has 1 unspecified atom stereocenters. The highest BCUT2D eigenvalue weighted by Gasteiger charge is 2.26. The summed E-state index contributed by atoms with van der Waals surface area (Å²) in [5.74, 6) is 2.87. The second-order valence-corrected chi connectivity index (χ2v) is 7.42. The summed E-state index contributed by atoms with van der Waals surface area (Å²) in [7, 11) is 0. The molecule has 0 bridgehead atoms. The van der Waals surface area contributed by atoms with Gasteiger partial charge >= 0.3 is 0 Å². The van der Waals surface area contributed by atoms with Crippen molar-refractivity contribution < 1.29 is 14.3 Å². The first-order valence-electron chi connectivity index (χ1n) is 10.8. The highest BCUT2D eigenvalue weighted by Crippen LogP contribution is 2.22. The number of nitrogens with zero attached hydrogens (tertiary/aromatic N) is 6. The molecule has 3 heterocycles. The van der Waals surface area contributed by atoms with Gasteiger partial charge in [-0.15, -0.1) is 10.2 Å². The number of carbonyl (C=O) groups is 1. The van der Waals surface area contributed by atoms with E-state index >= 15 is 0 Å². The minimum atomic E-state index is -0.0916. The summed E-state index contributed by atoms with van der Waals surface area (Å²) in [5, 5.41) is 15.6. The van der Waals surface area contributed by atoms with Crippen LogP contribution in [0.4, 0.5) is 5.82 Å². The summed E-state index contributed by atoms with van der Waals surface area (Å²) < 4.78 is 12.7. The number of carbonyl (C=O) groups excluding carboxylic acids is 1. The van der Waals surface area contributed by atoms with E-state index < -0.39 is 0 Å². The molecule has 1 atom stereocenters. The molecule has 0 saturated carbocycles. The minimum Gasteiger partial charge on any atom is -0.494 e. The zero-order valence-electron chi connectivity index (χ0n) is 18.1. The lowest BCUT2D eigenvalue weighted by Gasteiger charge is -2.32. The van der Waals surface area contributed by atoms with Crippen molar-refractivity contribution in [2.75, 3.05) is 37.7 Å². The van der Waals surface area contributed by atoms with E-state index in [1.165, 1.54) is 6.33 Å². The molecule has 0 spiro atoms. The van der Waals surface area contributed by atoms with Crippen molar-refractivity contribution in [2.45, 2.75) is 19.8 Å². The molecule has 1 fully saturated rings. The average Bonchev–Trinajstić information content (AvgIpc) is 3.38. The first-order valence-corrected chi connectivity index (χ1v) is 10.8. The van der Waals surface area contributed by atoms with Gasteiger partial charge in [-0.05, 0) is 56.2 Å². The molecule has 168 valence electrons. The summed E-state index contributed by atoms with van der Waals surface area (Å²) in [6.07, 6.45) is 4.80. The van der Waals surface area contributed by atoms with Crippen LogP contribution in [0.2, 0.25) is 0 Å². The Labute approximate surface area is 186 Å². The van der Waals surface area contributed by atoms with Gasteiger partial charge in [-0.1, -0.05) is 0 Å². The van der Waals surface area contributed by atoms with Gasteiger partial charge in [-0.3, -0.25) is 4.79 Å². The summed E-state index contributed by atoms with van der Waals surface area (Å²) in [5.41, 5.74) is 0. The normalized spacial score (nSPS) is 15.9. The van der Waals surface area contributed by atoms with E-state index in [0.29, 0.717) is 32.1 Å². The molecule has 1 N–H and O–H groups in total. The van der Waals surface area contributed by atoms with E-state index in [1.54, 1.807) is 11.0 Å². The molecule has 4 rings (SSSR count). The molecule has 1 aliphatic heterocycles. The van der Waals surface area contributed by atoms with Crippen LogP contribution in [0, 0.1) is 5.92 Å². The van der Waals surface area contributed by atoms with Crippen molar-refractivity contribution in [3.05, 3.63) is 49.1 Å². The van der Waals surface area contributed by atoms with Gasteiger partial charge in [0.05, 0.1) is 19.1 Å². The second-order valence-electron chi connectivity index (χ2n) is 7.42. The van der Waals surface area contributed by atoms with Crippen molar-refractivity contribution in [1.29, 1.82) is 0 Å². The Kier molecular flexibility index (Phi) is 7.11. The van der Waals surface area contributed by atoms with Crippen molar-refractivity contribution in [2.24, 2.45) is 5.92 Å². The van der Waals surface area contributed by atoms with E-state index in [4.69, 9.17) is 9.47 Å². The lowest BCUT2D eigenvalue weighted by molar-refractivity contribution is -0.125. The summed E-state index contributed by atoms with van der Waals surface area (Å²) in [4.78, 5) is 18.7. The number of ether oxygens (including phenoxy) is 2. The molecular formula is C22H27N7O3. The maximum Gasteiger partial charge on any atom is 0.225 e. The van der Waals surface area contributed by atoms with Crippen LogP contribution in [0.3, 0.4) is 0 Å². The summed E-state index contributed by atoms with van der Waals surface area (Å²) in [6.45, 7) is 4.90. The topological polar surface area (TPSA) is 107 Å². The van der Waals surface area contributed by atoms with Crippen LogP contribution >= 0.6 is 0 Å². The number of hydrogen-bond acceptors (Lipinski definition) is 8. The predicted octanol–water partition coefficient (Wildman–Crippen LogP) is 1.87. The summed E-state index contributed by atoms with van der Waals surface area (Å²) >= 11 is 0. The fourth-order valence-electron chi connectivity index (χ4n) is 3.62. The molecular weight excluding hydrogens is 410 g/mol. The monoisotopic (exact) mass is 437 g/mol. The van der Waals surface area contributed by atoms with Crippen LogP contribution in [0.1, 0.15) is 19.8 Å². The number of hydrogen-bond donors (Lipinski definition) is 1. The molecule has 1 aromatic carbocycles. The van der Waals surface area contributed by atoms with Crippen LogP contribution < -0.4 is 19.7 Å². The van der Waals surface area contributed by atoms with E-state index in [9.17, 15) is 4.79 Å². The van der Waals surface area contributed by atoms with E-state index in [1.807, 2.05) is 43.3 Å². The number of amides is 1. The smallest absolute Gasteiger partial charge is 0.225 e. The molecule has 1 amide bonds. The van der Waals surface area contributed by atoms with Gasteiger partial charge in [0.2, 0.25) is 5.91 Å². The quantitative estimate of drug-likeness (QED) is 0.506. The number of nitrogens with one attached hydrogen (secondary N) is 1. The fraction of sp³-hybridized carbons (Fsp3) is 0.409. The molecule has 3 aromatic rings. The van der Waals surface area contributed by atoms with Crippen molar-refractivity contribution >= 4 is 11.7 Å². The fourth-order valence-corrected chi connectivity index (χ4v) is 3.62. The maximum atomic E-state index is 12.6. The number of rotatable bonds is 9. The minimum absolute atomic E-state index is 0.0391. The Morgan fingerprint density at radius 3 is 2.53 bits per heavy atom. The molecule has 0 aliphatic carbocycles. The van der Waals surface area contributed by atoms with Gasteiger partial charge in [0, 0.05) is 13.1 Å². The largest absolute Gasteiger partial charge is 0.494 e. The predicted molar refractivity (Wildman–Crippen MR) is 118 cm³/mol. The number of piperidine rings is 1. The third-order valence-electron chi connectivity index (χ3n) is 5.21. The first kappa shape index (κ1) is 21.5. The van der Waals surface area contributed by atoms with Gasteiger partial charge in [0.1, 0.15) is 30.8 Å². The Morgan fingerprint density at radius 2 is 1.84 bits per heavy atom. The number of aromatic nitrogens is 5. The third-order valence-corrected chi connectivity index (χ3v) is 5.21. The van der Waals surface area contributed by atoms with E-state index in [0.717, 1.165) is 36.7 Å². The molecule has 1 saturated heterocycles. The molecule has 10 heteroatoms. The van der Waals surface area contributed by atoms with Gasteiger partial charge in [0.15, 0.2) is 11.6 Å². The first-order chi connectivity index (χ1) is 15.7. The van der Waals surface area contributed by atoms with Gasteiger partial charge in [0.25, 0.3) is 0 Å². The standard InChI is InChI=1S/C22H27N7O3/c1-2-31-18-5-7-19(8-6-18)32-13-11-24-22(30)17-4-3-12-28(14-17)20-9-10-21(27-26-20)29-16-23-15-25-29/h5-10,15-17H,2-4,11-14H2,1H3,(H,24,30). The molecule has 32 heavy (non-hydrogen) atoms. The van der Waals surface area contributed by atoms with Crippen molar-refractivity contribution in [3.8, 4) is 17.3 Å². The van der Waals surface area contributed by atoms with Crippen molar-refractivity contribution in [1.82, 2.24) is 30.3 Å². The Hall–Kier alpha value is -3.69. The van der Waals surface area contributed by atoms with Gasteiger partial charge in [-0.25, -0.2) is 9.67 Å². The van der Waals surface area contributed by atoms with Crippen LogP contribution in [0.25, 0.3) is 5.82 Å². The lowest BCUT2D eigenvalue weighted by atomic mass is 9.97. The molecule has 10 nitrogen and oxygen atoms in total. The SMILES string of the molecule is CCOc1ccc(OCCNC(=O)C2CCCN(c3ccc(-n4cncn4)nn3)C2)cc1. The zero-order valence-corrected chi connectivity index (χ0v) is 18.1. The maximum absolute atomic E-state index is 12.6. The van der Waals surface area contributed by atoms with Crippen LogP contribution in [0.15, 0.2) is 49.1 Å². The van der Waals surface area contributed by atoms with E-state index in [2.05, 4.69) is 30.5 Å². The lowest BCUT2D eigenvalue weighted by Crippen LogP contribution is -2.44. The van der Waals surface area contributed by atoms with Gasteiger partial charge < -0.3 is 19.7 Å². The molecule has 2 aromatic heterocycles. The molecule has 1 aliphatic rings. The third kappa shape index (κ3) is 5.51. The molecule has 0 radical (unpaired) electrons. The second kappa shape index (κ2) is 10.6. The highest BCUT2D eigenvalue weighted by molar-refractivity contribution is 5.79. The number of anilines is 1. The highest BCUT2D eigenvalue weighted by atomic mass is 16.5. The summed E-state index contributed by atoms with van der Waals surface area (Å²) in [6, 6.07) is 11.2. The zero-order chi connectivity index (χ0) is 22.2. The van der Waals surface area contributed by atoms with Crippen LogP contribution in [-0.4, -0.2) is 63.7 Å². The van der Waals surface area contributed by atoms with Crippen molar-refractivity contribution in [3.63, 3.8) is 0 Å². The van der Waals surface area contributed by atoms with E-state index in [-0.39, 0.29) is 11.8 Å². The Balaban J connectivity index is 1.22. The Morgan fingerprint density at radius 1 is 1.09 bits per heavy atom. The van der Waals surface area contributed by atoms with Crippen LogP contribution in [-0.2, 0) is 4.79 Å². The van der Waals surface area contributed by atoms with Crippen LogP contribution in [0.5, 0.6) is 11.5 Å². The number of benzene rings is 1. The Bertz CT molecular complexity index is 978. The average molecular weight is 438 g/mol.